The van der Waals surface area contributed by atoms with Crippen molar-refractivity contribution in [1.29, 1.82) is 0 Å². The Morgan fingerprint density at radius 1 is 0.630 bits per heavy atom. The molecule has 0 spiro atoms. The molecule has 0 aromatic carbocycles. The predicted molar refractivity (Wildman–Crippen MR) is 130 cm³/mol. The molecule has 0 saturated carbocycles. The number of hydrogen-bond donors (Lipinski definition) is 0. The van der Waals surface area contributed by atoms with Crippen LogP contribution in [0.3, 0.4) is 0 Å². The minimum absolute atomic E-state index is 0.282. The van der Waals surface area contributed by atoms with Gasteiger partial charge < -0.3 is 0 Å². The highest BCUT2D eigenvalue weighted by atomic mass is 16.1. The molecule has 0 unspecified atom stereocenters. The van der Waals surface area contributed by atoms with Gasteiger partial charge in [0.15, 0.2) is 0 Å². The van der Waals surface area contributed by atoms with E-state index in [9.17, 15) is 4.79 Å². The van der Waals surface area contributed by atoms with Gasteiger partial charge in [-0.15, -0.1) is 0 Å². The Morgan fingerprint density at radius 3 is 1.26 bits per heavy atom. The van der Waals surface area contributed by atoms with Crippen LogP contribution in [0.5, 0.6) is 0 Å². The highest BCUT2D eigenvalue weighted by molar-refractivity contribution is 5.77. The quantitative estimate of drug-likeness (QED) is 0.329. The summed E-state index contributed by atoms with van der Waals surface area (Å²) in [5.41, 5.74) is 0. The van der Waals surface area contributed by atoms with E-state index in [2.05, 4.69) is 60.3 Å². The standard InChI is InChI=1S/C14H29NO.3C3H8.C2H6/c1-4-6-7-8-9-10-11-12-15(5-2)13-14(3)16;3*1-3-2;1-2/h4-13H2,1-3H3;3*3H2,1-2H3;1-2H3. The maximum Gasteiger partial charge on any atom is 0.143 e. The highest BCUT2D eigenvalue weighted by Gasteiger charge is 2.04. The molecule has 0 aromatic rings. The topological polar surface area (TPSA) is 20.3 Å². The highest BCUT2D eigenvalue weighted by Crippen LogP contribution is 2.07. The Morgan fingerprint density at radius 2 is 0.963 bits per heavy atom. The van der Waals surface area contributed by atoms with Gasteiger partial charge in [-0.05, 0) is 26.4 Å². The number of carbonyl (C=O) groups is 1. The summed E-state index contributed by atoms with van der Waals surface area (Å²) in [5.74, 6) is 0.282. The van der Waals surface area contributed by atoms with Gasteiger partial charge in [0.1, 0.15) is 5.78 Å². The third kappa shape index (κ3) is 66.9. The van der Waals surface area contributed by atoms with Crippen LogP contribution < -0.4 is 0 Å². The lowest BCUT2D eigenvalue weighted by atomic mass is 10.1. The predicted octanol–water partition coefficient (Wildman–Crippen LogP) is 8.92. The first-order valence-electron chi connectivity index (χ1n) is 12.2. The molecule has 2 heteroatoms. The molecule has 0 heterocycles. The fourth-order valence-corrected chi connectivity index (χ4v) is 1.96. The second kappa shape index (κ2) is 44.8. The van der Waals surface area contributed by atoms with Crippen LogP contribution in [0.15, 0.2) is 0 Å². The van der Waals surface area contributed by atoms with Gasteiger partial charge in [0.25, 0.3) is 0 Å². The summed E-state index contributed by atoms with van der Waals surface area (Å²) >= 11 is 0. The third-order valence-electron chi connectivity index (χ3n) is 2.97. The third-order valence-corrected chi connectivity index (χ3v) is 2.97. The number of Topliss-reactive ketones (excluding diaryl/α,β-unsaturated/α-hetero) is 1. The molecular weight excluding hydrogens is 330 g/mol. The van der Waals surface area contributed by atoms with E-state index < -0.39 is 0 Å². The second-order valence-corrected chi connectivity index (χ2v) is 6.81. The Bertz CT molecular complexity index is 200. The smallest absolute Gasteiger partial charge is 0.143 e. The van der Waals surface area contributed by atoms with Crippen molar-refractivity contribution in [2.75, 3.05) is 19.6 Å². The molecule has 0 amide bonds. The van der Waals surface area contributed by atoms with Crippen molar-refractivity contribution in [3.63, 3.8) is 0 Å². The number of rotatable bonds is 11. The van der Waals surface area contributed by atoms with E-state index in [0.717, 1.165) is 13.1 Å². The summed E-state index contributed by atoms with van der Waals surface area (Å²) in [6.07, 6.45) is 13.1. The van der Waals surface area contributed by atoms with Crippen LogP contribution in [0.25, 0.3) is 0 Å². The molecule has 0 fully saturated rings. The van der Waals surface area contributed by atoms with Crippen molar-refractivity contribution in [3.8, 4) is 0 Å². The van der Waals surface area contributed by atoms with Crippen LogP contribution in [0, 0.1) is 0 Å². The Hall–Kier alpha value is -0.370. The molecule has 0 aliphatic carbocycles. The van der Waals surface area contributed by atoms with Gasteiger partial charge >= 0.3 is 0 Å². The number of likely N-dealkylation sites (N-methyl/N-ethyl adjacent to an activating group) is 1. The molecule has 0 bridgehead atoms. The fourth-order valence-electron chi connectivity index (χ4n) is 1.96. The van der Waals surface area contributed by atoms with Gasteiger partial charge in [0, 0.05) is 0 Å². The number of unbranched alkanes of at least 4 members (excludes halogenated alkanes) is 6. The van der Waals surface area contributed by atoms with Crippen LogP contribution in [-0.4, -0.2) is 30.3 Å². The zero-order valence-electron chi connectivity index (χ0n) is 21.5. The van der Waals surface area contributed by atoms with Crippen molar-refractivity contribution in [2.24, 2.45) is 0 Å². The molecule has 0 aliphatic rings. The van der Waals surface area contributed by atoms with E-state index in [1.807, 2.05) is 13.8 Å². The summed E-state index contributed by atoms with van der Waals surface area (Å²) in [4.78, 5) is 13.2. The Balaban J connectivity index is -0.000000121. The Kier molecular flexibility index (Phi) is 62.0. The van der Waals surface area contributed by atoms with E-state index in [1.54, 1.807) is 6.92 Å². The lowest BCUT2D eigenvalue weighted by Crippen LogP contribution is -2.29. The zero-order chi connectivity index (χ0) is 22.3. The van der Waals surface area contributed by atoms with E-state index in [-0.39, 0.29) is 5.78 Å². The van der Waals surface area contributed by atoms with E-state index in [4.69, 9.17) is 0 Å². The summed E-state index contributed by atoms with van der Waals surface area (Å²) in [6, 6.07) is 0. The minimum atomic E-state index is 0.282. The average Bonchev–Trinajstić information content (AvgIpc) is 2.63. The number of carbonyl (C=O) groups excluding carboxylic acids is 1. The van der Waals surface area contributed by atoms with Gasteiger partial charge in [-0.1, -0.05) is 127 Å². The molecule has 0 aromatic heterocycles. The summed E-state index contributed by atoms with van der Waals surface area (Å²) in [5, 5.41) is 0. The first kappa shape index (κ1) is 37.4. The second-order valence-electron chi connectivity index (χ2n) is 6.81. The number of hydrogen-bond acceptors (Lipinski definition) is 2. The van der Waals surface area contributed by atoms with Crippen LogP contribution in [0.2, 0.25) is 0 Å². The van der Waals surface area contributed by atoms with E-state index in [1.165, 1.54) is 64.2 Å². The minimum Gasteiger partial charge on any atom is -0.299 e. The molecule has 170 valence electrons. The van der Waals surface area contributed by atoms with E-state index in [0.29, 0.717) is 6.54 Å². The van der Waals surface area contributed by atoms with E-state index >= 15 is 0 Å². The lowest BCUT2D eigenvalue weighted by molar-refractivity contribution is -0.118. The van der Waals surface area contributed by atoms with Crippen molar-refractivity contribution in [2.45, 2.75) is 140 Å². The molecule has 27 heavy (non-hydrogen) atoms. The number of ketones is 1. The average molecular weight is 390 g/mol. The van der Waals surface area contributed by atoms with Gasteiger partial charge in [-0.3, -0.25) is 9.69 Å². The molecule has 0 atom stereocenters. The molecule has 0 aliphatic heterocycles. The maximum absolute atomic E-state index is 11.0. The van der Waals surface area contributed by atoms with Crippen molar-refractivity contribution in [1.82, 2.24) is 4.90 Å². The fraction of sp³-hybridized carbons (Fsp3) is 0.960. The summed E-state index contributed by atoms with van der Waals surface area (Å²) < 4.78 is 0. The lowest BCUT2D eigenvalue weighted by Gasteiger charge is -2.18. The van der Waals surface area contributed by atoms with Crippen LogP contribution in [0.4, 0.5) is 0 Å². The monoisotopic (exact) mass is 389 g/mol. The maximum atomic E-state index is 11.0. The van der Waals surface area contributed by atoms with Crippen LogP contribution in [0.1, 0.15) is 140 Å². The normalized spacial score (nSPS) is 8.74. The molecule has 0 radical (unpaired) electrons. The van der Waals surface area contributed by atoms with Crippen molar-refractivity contribution >= 4 is 5.78 Å². The first-order valence-corrected chi connectivity index (χ1v) is 12.2. The van der Waals surface area contributed by atoms with Crippen molar-refractivity contribution in [3.05, 3.63) is 0 Å². The summed E-state index contributed by atoms with van der Waals surface area (Å²) in [6.45, 7) is 25.5. The first-order chi connectivity index (χ1) is 12.9. The molecular formula is C25H59NO. The molecule has 0 saturated heterocycles. The number of nitrogens with zero attached hydrogens (tertiary/aromatic N) is 1. The van der Waals surface area contributed by atoms with Crippen LogP contribution >= 0.6 is 0 Å². The molecule has 2 nitrogen and oxygen atoms in total. The van der Waals surface area contributed by atoms with Crippen LogP contribution in [-0.2, 0) is 4.79 Å². The molecule has 0 rings (SSSR count). The SMILES string of the molecule is CC.CCC.CCC.CCC.CCCCCCCCCN(CC)CC(C)=O. The van der Waals surface area contributed by atoms with Gasteiger partial charge in [0.05, 0.1) is 6.54 Å². The molecule has 0 N–H and O–H groups in total. The van der Waals surface area contributed by atoms with Gasteiger partial charge in [-0.25, -0.2) is 0 Å². The zero-order valence-corrected chi connectivity index (χ0v) is 21.5. The Labute approximate surface area is 175 Å². The summed E-state index contributed by atoms with van der Waals surface area (Å²) in [7, 11) is 0. The van der Waals surface area contributed by atoms with Crippen molar-refractivity contribution < 1.29 is 4.79 Å². The largest absolute Gasteiger partial charge is 0.299 e. The van der Waals surface area contributed by atoms with Gasteiger partial charge in [-0.2, -0.15) is 0 Å². The van der Waals surface area contributed by atoms with Gasteiger partial charge in [0.2, 0.25) is 0 Å².